The first-order chi connectivity index (χ1) is 13.1. The van der Waals surface area contributed by atoms with Gasteiger partial charge in [0.2, 0.25) is 5.91 Å². The van der Waals surface area contributed by atoms with Crippen molar-refractivity contribution in [3.63, 3.8) is 0 Å². The highest BCUT2D eigenvalue weighted by Crippen LogP contribution is 2.22. The second-order valence-electron chi connectivity index (χ2n) is 6.91. The summed E-state index contributed by atoms with van der Waals surface area (Å²) in [6.45, 7) is 8.64. The maximum Gasteiger partial charge on any atom is 0.408 e. The molecule has 1 rings (SSSR count). The van der Waals surface area contributed by atoms with Crippen LogP contribution < -0.4 is 16.0 Å². The van der Waals surface area contributed by atoms with E-state index >= 15 is 0 Å². The third kappa shape index (κ3) is 5.98. The number of alkyl carbamates (subject to hydrolysis) is 1. The summed E-state index contributed by atoms with van der Waals surface area (Å²) in [6, 6.07) is 6.36. The molecule has 0 radical (unpaired) electrons. The molecule has 0 spiro atoms. The van der Waals surface area contributed by atoms with Gasteiger partial charge in [-0.25, -0.2) is 4.79 Å². The molecule has 8 heteroatoms. The number of nitrogens with two attached hydrogens (primary N) is 1. The van der Waals surface area contributed by atoms with E-state index in [-0.39, 0.29) is 12.0 Å². The number of benzene rings is 1. The van der Waals surface area contributed by atoms with E-state index < -0.39 is 30.0 Å². The number of carbonyl (C=O) groups excluding carboxylic acids is 3. The lowest BCUT2D eigenvalue weighted by molar-refractivity contribution is -0.126. The van der Waals surface area contributed by atoms with Gasteiger partial charge in [-0.05, 0) is 51.0 Å². The van der Waals surface area contributed by atoms with Gasteiger partial charge in [0.15, 0.2) is 0 Å². The number of nitrogens with zero attached hydrogens (tertiary/aromatic N) is 2. The highest BCUT2D eigenvalue weighted by Gasteiger charge is 2.35. The van der Waals surface area contributed by atoms with E-state index in [4.69, 9.17) is 15.7 Å². The number of primary amides is 1. The third-order valence-electron chi connectivity index (χ3n) is 4.41. The lowest BCUT2D eigenvalue weighted by atomic mass is 9.97. The van der Waals surface area contributed by atoms with E-state index in [0.29, 0.717) is 17.7 Å². The first-order valence-electron chi connectivity index (χ1n) is 9.22. The Morgan fingerprint density at radius 1 is 1.18 bits per heavy atom. The molecule has 8 nitrogen and oxygen atoms in total. The van der Waals surface area contributed by atoms with Crippen molar-refractivity contribution in [2.45, 2.75) is 59.2 Å². The second-order valence-corrected chi connectivity index (χ2v) is 6.91. The first-order valence-corrected chi connectivity index (χ1v) is 9.22. The van der Waals surface area contributed by atoms with E-state index in [0.717, 1.165) is 0 Å². The van der Waals surface area contributed by atoms with Crippen molar-refractivity contribution < 1.29 is 19.1 Å². The van der Waals surface area contributed by atoms with E-state index in [1.807, 2.05) is 19.9 Å². The molecule has 0 saturated carbocycles. The van der Waals surface area contributed by atoms with Crippen LogP contribution >= 0.6 is 0 Å². The van der Waals surface area contributed by atoms with Gasteiger partial charge in [0.25, 0.3) is 5.91 Å². The molecule has 0 fully saturated rings. The predicted octanol–water partition coefficient (Wildman–Crippen LogP) is 2.31. The van der Waals surface area contributed by atoms with Crippen molar-refractivity contribution in [3.05, 3.63) is 29.8 Å². The van der Waals surface area contributed by atoms with Crippen molar-refractivity contribution in [2.24, 2.45) is 11.7 Å². The molecule has 1 aromatic rings. The molecule has 0 aliphatic rings. The summed E-state index contributed by atoms with van der Waals surface area (Å²) in [5, 5.41) is 11.6. The summed E-state index contributed by atoms with van der Waals surface area (Å²) in [5.41, 5.74) is 6.27. The van der Waals surface area contributed by atoms with Crippen LogP contribution in [0, 0.1) is 17.2 Å². The van der Waals surface area contributed by atoms with E-state index in [1.54, 1.807) is 38.1 Å². The maximum atomic E-state index is 13.3. The van der Waals surface area contributed by atoms with Crippen molar-refractivity contribution in [2.75, 3.05) is 4.90 Å². The van der Waals surface area contributed by atoms with Gasteiger partial charge in [-0.1, -0.05) is 20.3 Å². The molecule has 0 aliphatic carbocycles. The Bertz CT molecular complexity index is 740. The predicted molar refractivity (Wildman–Crippen MR) is 105 cm³/mol. The van der Waals surface area contributed by atoms with E-state index in [2.05, 4.69) is 5.32 Å². The summed E-state index contributed by atoms with van der Waals surface area (Å²) in [7, 11) is 0. The maximum absolute atomic E-state index is 13.3. The molecule has 28 heavy (non-hydrogen) atoms. The van der Waals surface area contributed by atoms with Crippen molar-refractivity contribution in [1.29, 1.82) is 5.26 Å². The molecule has 0 aromatic heterocycles. The zero-order chi connectivity index (χ0) is 21.4. The Morgan fingerprint density at radius 2 is 1.75 bits per heavy atom. The van der Waals surface area contributed by atoms with Crippen LogP contribution in [0.2, 0.25) is 0 Å². The monoisotopic (exact) mass is 388 g/mol. The Labute approximate surface area is 165 Å². The van der Waals surface area contributed by atoms with Crippen LogP contribution in [0.4, 0.5) is 10.5 Å². The number of nitriles is 1. The molecule has 0 heterocycles. The third-order valence-corrected chi connectivity index (χ3v) is 4.41. The normalized spacial score (nSPS) is 13.8. The highest BCUT2D eigenvalue weighted by molar-refractivity contribution is 6.03. The lowest BCUT2D eigenvalue weighted by Crippen LogP contribution is -2.56. The highest BCUT2D eigenvalue weighted by atomic mass is 16.6. The van der Waals surface area contributed by atoms with Gasteiger partial charge in [0.1, 0.15) is 12.1 Å². The zero-order valence-electron chi connectivity index (χ0n) is 16.9. The second kappa shape index (κ2) is 10.3. The SMILES string of the molecule is CC[C@H](C)[C@H](NC(=O)OC(C)C)C(=O)N(c1ccc(C#N)cc1)[C@H](C)C(N)=O. The molecule has 0 unspecified atom stereocenters. The molecular weight excluding hydrogens is 360 g/mol. The van der Waals surface area contributed by atoms with Crippen LogP contribution in [0.5, 0.6) is 0 Å². The molecule has 1 aromatic carbocycles. The Morgan fingerprint density at radius 3 is 2.18 bits per heavy atom. The van der Waals surface area contributed by atoms with Crippen LogP contribution in [0.15, 0.2) is 24.3 Å². The van der Waals surface area contributed by atoms with Crippen LogP contribution in [-0.4, -0.2) is 36.1 Å². The number of carbonyl (C=O) groups is 3. The van der Waals surface area contributed by atoms with Gasteiger partial charge in [-0.3, -0.25) is 14.5 Å². The number of amides is 3. The van der Waals surface area contributed by atoms with Crippen LogP contribution in [0.3, 0.4) is 0 Å². The van der Waals surface area contributed by atoms with Gasteiger partial charge < -0.3 is 15.8 Å². The molecule has 3 N–H and O–H groups in total. The van der Waals surface area contributed by atoms with Crippen LogP contribution in [-0.2, 0) is 14.3 Å². The number of ether oxygens (including phenoxy) is 1. The number of rotatable bonds is 8. The lowest BCUT2D eigenvalue weighted by Gasteiger charge is -2.33. The Kier molecular flexibility index (Phi) is 8.45. The van der Waals surface area contributed by atoms with E-state index in [9.17, 15) is 14.4 Å². The summed E-state index contributed by atoms with van der Waals surface area (Å²) in [4.78, 5) is 38.5. The minimum absolute atomic E-state index is 0.215. The number of anilines is 1. The Balaban J connectivity index is 3.29. The fraction of sp³-hybridized carbons (Fsp3) is 0.500. The summed E-state index contributed by atoms with van der Waals surface area (Å²) in [5.74, 6) is -1.38. The van der Waals surface area contributed by atoms with Crippen LogP contribution in [0.1, 0.15) is 46.6 Å². The minimum atomic E-state index is -0.949. The average molecular weight is 388 g/mol. The van der Waals surface area contributed by atoms with Crippen molar-refractivity contribution in [1.82, 2.24) is 5.32 Å². The van der Waals surface area contributed by atoms with Gasteiger partial charge in [-0.15, -0.1) is 0 Å². The largest absolute Gasteiger partial charge is 0.447 e. The van der Waals surface area contributed by atoms with Gasteiger partial charge >= 0.3 is 6.09 Å². The molecule has 0 saturated heterocycles. The summed E-state index contributed by atoms with van der Waals surface area (Å²) < 4.78 is 5.10. The quantitative estimate of drug-likeness (QED) is 0.707. The molecule has 3 amide bonds. The first kappa shape index (κ1) is 23.0. The summed E-state index contributed by atoms with van der Waals surface area (Å²) >= 11 is 0. The molecule has 0 aliphatic heterocycles. The van der Waals surface area contributed by atoms with Crippen molar-refractivity contribution >= 4 is 23.6 Å². The standard InChI is InChI=1S/C20H28N4O4/c1-6-13(4)17(23-20(27)28-12(2)3)19(26)24(14(5)18(22)25)16-9-7-15(11-21)8-10-16/h7-10,12-14,17H,6H2,1-5H3,(H2,22,25)(H,23,27)/t13-,14+,17-/m0/s1. The number of hydrogen-bond donors (Lipinski definition) is 2. The number of hydrogen-bond acceptors (Lipinski definition) is 5. The van der Waals surface area contributed by atoms with Crippen LogP contribution in [0.25, 0.3) is 0 Å². The molecule has 152 valence electrons. The Hall–Kier alpha value is -3.08. The smallest absolute Gasteiger partial charge is 0.408 e. The van der Waals surface area contributed by atoms with Gasteiger partial charge in [-0.2, -0.15) is 5.26 Å². The molecule has 0 bridgehead atoms. The average Bonchev–Trinajstić information content (AvgIpc) is 2.65. The molecule has 3 atom stereocenters. The topological polar surface area (TPSA) is 126 Å². The minimum Gasteiger partial charge on any atom is -0.447 e. The van der Waals surface area contributed by atoms with E-state index in [1.165, 1.54) is 11.8 Å². The fourth-order valence-electron chi connectivity index (χ4n) is 2.57. The van der Waals surface area contributed by atoms with Gasteiger partial charge in [0.05, 0.1) is 17.7 Å². The van der Waals surface area contributed by atoms with Gasteiger partial charge in [0, 0.05) is 5.69 Å². The summed E-state index contributed by atoms with van der Waals surface area (Å²) in [6.07, 6.45) is -0.433. The zero-order valence-corrected chi connectivity index (χ0v) is 16.9. The van der Waals surface area contributed by atoms with Crippen molar-refractivity contribution in [3.8, 4) is 6.07 Å². The number of nitrogens with one attached hydrogen (secondary N) is 1. The molecular formula is C20H28N4O4. The fourth-order valence-corrected chi connectivity index (χ4v) is 2.57.